The molecule has 1 unspecified atom stereocenters. The Bertz CT molecular complexity index is 764. The minimum Gasteiger partial charge on any atom is -0.355 e. The summed E-state index contributed by atoms with van der Waals surface area (Å²) < 4.78 is 13.1. The third-order valence-corrected chi connectivity index (χ3v) is 4.70. The van der Waals surface area contributed by atoms with Crippen LogP contribution in [0.4, 0.5) is 4.39 Å². The maximum absolute atomic E-state index is 13.1. The van der Waals surface area contributed by atoms with Gasteiger partial charge in [0.2, 0.25) is 11.8 Å². The monoisotopic (exact) mass is 354 g/mol. The minimum absolute atomic E-state index is 0.0335. The van der Waals surface area contributed by atoms with Crippen molar-refractivity contribution in [2.24, 2.45) is 5.92 Å². The van der Waals surface area contributed by atoms with Crippen molar-refractivity contribution in [2.75, 3.05) is 19.6 Å². The van der Waals surface area contributed by atoms with Gasteiger partial charge < -0.3 is 10.2 Å². The summed E-state index contributed by atoms with van der Waals surface area (Å²) >= 11 is 0. The molecule has 0 aromatic heterocycles. The molecule has 0 saturated carbocycles. The van der Waals surface area contributed by atoms with Crippen LogP contribution in [0.15, 0.2) is 54.6 Å². The highest BCUT2D eigenvalue weighted by Crippen LogP contribution is 2.18. The molecular weight excluding hydrogens is 331 g/mol. The molecule has 4 nitrogen and oxygen atoms in total. The number of halogens is 1. The Morgan fingerprint density at radius 1 is 1.08 bits per heavy atom. The number of nitrogens with zero attached hydrogens (tertiary/aromatic N) is 1. The lowest BCUT2D eigenvalue weighted by Crippen LogP contribution is -2.34. The van der Waals surface area contributed by atoms with Gasteiger partial charge in [-0.15, -0.1) is 0 Å². The number of benzene rings is 2. The van der Waals surface area contributed by atoms with E-state index in [2.05, 4.69) is 5.32 Å². The Labute approximate surface area is 153 Å². The lowest BCUT2D eigenvalue weighted by Gasteiger charge is -2.16. The first-order valence-corrected chi connectivity index (χ1v) is 8.95. The molecule has 1 heterocycles. The second-order valence-corrected chi connectivity index (χ2v) is 6.65. The maximum Gasteiger partial charge on any atom is 0.225 e. The van der Waals surface area contributed by atoms with Crippen molar-refractivity contribution in [3.63, 3.8) is 0 Å². The number of hydrogen-bond acceptors (Lipinski definition) is 2. The van der Waals surface area contributed by atoms with Crippen molar-refractivity contribution < 1.29 is 14.0 Å². The first-order valence-electron chi connectivity index (χ1n) is 8.95. The van der Waals surface area contributed by atoms with Gasteiger partial charge in [0.1, 0.15) is 5.82 Å². The van der Waals surface area contributed by atoms with Gasteiger partial charge in [0.05, 0.1) is 5.92 Å². The molecule has 0 bridgehead atoms. The molecule has 1 fully saturated rings. The largest absolute Gasteiger partial charge is 0.355 e. The molecule has 1 saturated heterocycles. The van der Waals surface area contributed by atoms with E-state index in [-0.39, 0.29) is 30.0 Å². The average Bonchev–Trinajstić information content (AvgIpc) is 3.02. The summed E-state index contributed by atoms with van der Waals surface area (Å²) in [7, 11) is 0. The van der Waals surface area contributed by atoms with E-state index in [4.69, 9.17) is 0 Å². The quantitative estimate of drug-likeness (QED) is 0.831. The highest BCUT2D eigenvalue weighted by molar-refractivity contribution is 5.89. The Balaban J connectivity index is 1.43. The van der Waals surface area contributed by atoms with Gasteiger partial charge in [-0.05, 0) is 36.1 Å². The molecule has 5 heteroatoms. The summed E-state index contributed by atoms with van der Waals surface area (Å²) in [5.41, 5.74) is 2.03. The van der Waals surface area contributed by atoms with Crippen LogP contribution in [0.5, 0.6) is 0 Å². The van der Waals surface area contributed by atoms with E-state index in [1.54, 1.807) is 11.0 Å². The molecule has 0 aliphatic carbocycles. The molecule has 2 aromatic rings. The van der Waals surface area contributed by atoms with Crippen molar-refractivity contribution >= 4 is 11.8 Å². The van der Waals surface area contributed by atoms with Crippen LogP contribution in [-0.2, 0) is 22.4 Å². The smallest absolute Gasteiger partial charge is 0.225 e. The molecule has 1 atom stereocenters. The SMILES string of the molecule is O=C(NCCc1cccc(F)c1)C1CC(=O)N(CCc2ccccc2)C1. The topological polar surface area (TPSA) is 49.4 Å². The zero-order chi connectivity index (χ0) is 18.4. The van der Waals surface area contributed by atoms with E-state index >= 15 is 0 Å². The zero-order valence-electron chi connectivity index (χ0n) is 14.7. The third kappa shape index (κ3) is 4.91. The highest BCUT2D eigenvalue weighted by atomic mass is 19.1. The fourth-order valence-electron chi connectivity index (χ4n) is 3.24. The van der Waals surface area contributed by atoms with Crippen LogP contribution in [0.2, 0.25) is 0 Å². The van der Waals surface area contributed by atoms with Gasteiger partial charge in [-0.25, -0.2) is 4.39 Å². The lowest BCUT2D eigenvalue weighted by molar-refractivity contribution is -0.129. The fourth-order valence-corrected chi connectivity index (χ4v) is 3.24. The zero-order valence-corrected chi connectivity index (χ0v) is 14.7. The third-order valence-electron chi connectivity index (χ3n) is 4.70. The van der Waals surface area contributed by atoms with Crippen LogP contribution in [0.1, 0.15) is 17.5 Å². The van der Waals surface area contributed by atoms with Gasteiger partial charge in [-0.3, -0.25) is 9.59 Å². The first-order chi connectivity index (χ1) is 12.6. The first kappa shape index (κ1) is 18.1. The second kappa shape index (κ2) is 8.61. The molecule has 2 aromatic carbocycles. The Morgan fingerprint density at radius 2 is 1.85 bits per heavy atom. The van der Waals surface area contributed by atoms with E-state index in [9.17, 15) is 14.0 Å². The normalized spacial score (nSPS) is 16.7. The fraction of sp³-hybridized carbons (Fsp3) is 0.333. The number of carbonyl (C=O) groups excluding carboxylic acids is 2. The summed E-state index contributed by atoms with van der Waals surface area (Å²) in [6, 6.07) is 16.4. The molecule has 1 aliphatic rings. The van der Waals surface area contributed by atoms with Gasteiger partial charge in [-0.1, -0.05) is 42.5 Å². The maximum atomic E-state index is 13.1. The number of hydrogen-bond donors (Lipinski definition) is 1. The number of carbonyl (C=O) groups is 2. The van der Waals surface area contributed by atoms with E-state index in [1.165, 1.54) is 17.7 Å². The summed E-state index contributed by atoms with van der Waals surface area (Å²) in [4.78, 5) is 26.2. The number of likely N-dealkylation sites (tertiary alicyclic amines) is 1. The van der Waals surface area contributed by atoms with Crippen molar-refractivity contribution in [3.8, 4) is 0 Å². The van der Waals surface area contributed by atoms with E-state index in [0.29, 0.717) is 26.1 Å². The van der Waals surface area contributed by atoms with Gasteiger partial charge in [0.25, 0.3) is 0 Å². The highest BCUT2D eigenvalue weighted by Gasteiger charge is 2.33. The van der Waals surface area contributed by atoms with E-state index in [0.717, 1.165) is 12.0 Å². The van der Waals surface area contributed by atoms with Crippen molar-refractivity contribution in [3.05, 3.63) is 71.5 Å². The molecule has 2 amide bonds. The molecule has 1 aliphatic heterocycles. The van der Waals surface area contributed by atoms with Crippen LogP contribution in [-0.4, -0.2) is 36.3 Å². The number of nitrogens with one attached hydrogen (secondary N) is 1. The molecule has 1 N–H and O–H groups in total. The molecule has 136 valence electrons. The average molecular weight is 354 g/mol. The molecule has 3 rings (SSSR count). The van der Waals surface area contributed by atoms with Crippen LogP contribution in [0.3, 0.4) is 0 Å². The molecular formula is C21H23FN2O2. The van der Waals surface area contributed by atoms with Crippen LogP contribution >= 0.6 is 0 Å². The van der Waals surface area contributed by atoms with Gasteiger partial charge >= 0.3 is 0 Å². The van der Waals surface area contributed by atoms with Crippen molar-refractivity contribution in [1.29, 1.82) is 0 Å². The predicted octanol–water partition coefficient (Wildman–Crippen LogP) is 2.58. The van der Waals surface area contributed by atoms with Gasteiger partial charge in [-0.2, -0.15) is 0 Å². The molecule has 0 spiro atoms. The lowest BCUT2D eigenvalue weighted by atomic mass is 10.1. The summed E-state index contributed by atoms with van der Waals surface area (Å²) in [6.07, 6.45) is 1.63. The van der Waals surface area contributed by atoms with Gasteiger partial charge in [0, 0.05) is 26.1 Å². The van der Waals surface area contributed by atoms with Crippen LogP contribution in [0.25, 0.3) is 0 Å². The Hall–Kier alpha value is -2.69. The Morgan fingerprint density at radius 3 is 2.62 bits per heavy atom. The number of rotatable bonds is 7. The van der Waals surface area contributed by atoms with Crippen LogP contribution in [0, 0.1) is 11.7 Å². The van der Waals surface area contributed by atoms with Crippen LogP contribution < -0.4 is 5.32 Å². The molecule has 0 radical (unpaired) electrons. The number of amides is 2. The summed E-state index contributed by atoms with van der Waals surface area (Å²) in [6.45, 7) is 1.55. The van der Waals surface area contributed by atoms with E-state index < -0.39 is 0 Å². The van der Waals surface area contributed by atoms with E-state index in [1.807, 2.05) is 36.4 Å². The molecule has 26 heavy (non-hydrogen) atoms. The Kier molecular flexibility index (Phi) is 6.00. The minimum atomic E-state index is -0.300. The van der Waals surface area contributed by atoms with Gasteiger partial charge in [0.15, 0.2) is 0 Å². The summed E-state index contributed by atoms with van der Waals surface area (Å²) in [5, 5.41) is 2.87. The standard InChI is InChI=1S/C21H23FN2O2/c22-19-8-4-7-17(13-19)9-11-23-21(26)18-14-20(25)24(15-18)12-10-16-5-2-1-3-6-16/h1-8,13,18H,9-12,14-15H2,(H,23,26). The van der Waals surface area contributed by atoms with Crippen molar-refractivity contribution in [2.45, 2.75) is 19.3 Å². The predicted molar refractivity (Wildman–Crippen MR) is 97.9 cm³/mol. The van der Waals surface area contributed by atoms with Crippen molar-refractivity contribution in [1.82, 2.24) is 10.2 Å². The summed E-state index contributed by atoms with van der Waals surface area (Å²) in [5.74, 6) is -0.641. The second-order valence-electron chi connectivity index (χ2n) is 6.65.